The van der Waals surface area contributed by atoms with E-state index in [2.05, 4.69) is 13.5 Å². The molecule has 0 aliphatic carbocycles. The Morgan fingerprint density at radius 2 is 2.29 bits per heavy atom. The molecule has 0 aromatic rings. The van der Waals surface area contributed by atoms with Gasteiger partial charge in [-0.05, 0) is 24.7 Å². The van der Waals surface area contributed by atoms with Crippen LogP contribution in [0.15, 0.2) is 12.8 Å². The van der Waals surface area contributed by atoms with Crippen LogP contribution in [-0.4, -0.2) is 19.8 Å². The van der Waals surface area contributed by atoms with Crippen molar-refractivity contribution in [3.8, 4) is 0 Å². The summed E-state index contributed by atoms with van der Waals surface area (Å²) in [6, 6.07) is 0. The SMILES string of the molecule is C=COCCC1(C)CCCCCOC1. The molecule has 82 valence electrons. The summed E-state index contributed by atoms with van der Waals surface area (Å²) in [5, 5.41) is 0. The molecule has 1 rings (SSSR count). The zero-order valence-corrected chi connectivity index (χ0v) is 9.26. The van der Waals surface area contributed by atoms with E-state index in [1.165, 1.54) is 31.9 Å². The lowest BCUT2D eigenvalue weighted by Gasteiger charge is -2.31. The summed E-state index contributed by atoms with van der Waals surface area (Å²) in [6.45, 7) is 8.42. The molecule has 0 bridgehead atoms. The molecule has 0 spiro atoms. The van der Waals surface area contributed by atoms with Gasteiger partial charge >= 0.3 is 0 Å². The molecular formula is C12H22O2. The average molecular weight is 198 g/mol. The highest BCUT2D eigenvalue weighted by molar-refractivity contribution is 4.75. The van der Waals surface area contributed by atoms with Gasteiger partial charge in [0.05, 0.1) is 19.5 Å². The molecule has 1 atom stereocenters. The second-order valence-electron chi connectivity index (χ2n) is 4.46. The van der Waals surface area contributed by atoms with Crippen LogP contribution < -0.4 is 0 Å². The molecule has 1 aliphatic rings. The van der Waals surface area contributed by atoms with E-state index in [4.69, 9.17) is 9.47 Å². The van der Waals surface area contributed by atoms with Gasteiger partial charge in [-0.25, -0.2) is 0 Å². The minimum Gasteiger partial charge on any atom is -0.502 e. The van der Waals surface area contributed by atoms with Crippen molar-refractivity contribution in [2.75, 3.05) is 19.8 Å². The van der Waals surface area contributed by atoms with E-state index in [1.807, 2.05) is 0 Å². The van der Waals surface area contributed by atoms with Crippen molar-refractivity contribution in [1.29, 1.82) is 0 Å². The van der Waals surface area contributed by atoms with Crippen LogP contribution in [0.4, 0.5) is 0 Å². The highest BCUT2D eigenvalue weighted by Gasteiger charge is 2.25. The molecule has 0 N–H and O–H groups in total. The summed E-state index contributed by atoms with van der Waals surface area (Å²) in [6.07, 6.45) is 7.70. The van der Waals surface area contributed by atoms with E-state index >= 15 is 0 Å². The Hall–Kier alpha value is -0.500. The van der Waals surface area contributed by atoms with Crippen molar-refractivity contribution >= 4 is 0 Å². The van der Waals surface area contributed by atoms with Crippen LogP contribution in [0.5, 0.6) is 0 Å². The highest BCUT2D eigenvalue weighted by Crippen LogP contribution is 2.30. The van der Waals surface area contributed by atoms with Crippen molar-refractivity contribution in [2.45, 2.75) is 39.0 Å². The molecule has 0 amide bonds. The second-order valence-corrected chi connectivity index (χ2v) is 4.46. The summed E-state index contributed by atoms with van der Waals surface area (Å²) in [5.74, 6) is 0. The van der Waals surface area contributed by atoms with Gasteiger partial charge in [0.15, 0.2) is 0 Å². The fourth-order valence-corrected chi connectivity index (χ4v) is 1.91. The van der Waals surface area contributed by atoms with Crippen molar-refractivity contribution < 1.29 is 9.47 Å². The number of rotatable bonds is 4. The van der Waals surface area contributed by atoms with Crippen LogP contribution in [0.25, 0.3) is 0 Å². The molecule has 1 heterocycles. The van der Waals surface area contributed by atoms with Crippen LogP contribution in [0.2, 0.25) is 0 Å². The van der Waals surface area contributed by atoms with Crippen LogP contribution in [0, 0.1) is 5.41 Å². The molecule has 14 heavy (non-hydrogen) atoms. The Labute approximate surface area is 87.3 Å². The van der Waals surface area contributed by atoms with Crippen molar-refractivity contribution in [2.24, 2.45) is 5.41 Å². The predicted octanol–water partition coefficient (Wildman–Crippen LogP) is 3.13. The first-order chi connectivity index (χ1) is 6.77. The van der Waals surface area contributed by atoms with Crippen molar-refractivity contribution in [3.63, 3.8) is 0 Å². The molecule has 1 fully saturated rings. The van der Waals surface area contributed by atoms with Gasteiger partial charge in [-0.15, -0.1) is 0 Å². The third-order valence-electron chi connectivity index (χ3n) is 2.96. The van der Waals surface area contributed by atoms with E-state index in [1.54, 1.807) is 0 Å². The Bertz CT molecular complexity index is 158. The fraction of sp³-hybridized carbons (Fsp3) is 0.833. The number of hydrogen-bond acceptors (Lipinski definition) is 2. The highest BCUT2D eigenvalue weighted by atomic mass is 16.5. The van der Waals surface area contributed by atoms with Crippen molar-refractivity contribution in [3.05, 3.63) is 12.8 Å². The minimum atomic E-state index is 0.309. The lowest BCUT2D eigenvalue weighted by Crippen LogP contribution is -2.26. The van der Waals surface area contributed by atoms with Gasteiger partial charge < -0.3 is 9.47 Å². The Morgan fingerprint density at radius 3 is 3.07 bits per heavy atom. The van der Waals surface area contributed by atoms with Crippen molar-refractivity contribution in [1.82, 2.24) is 0 Å². The number of ether oxygens (including phenoxy) is 2. The molecule has 2 heteroatoms. The van der Waals surface area contributed by atoms with E-state index in [-0.39, 0.29) is 0 Å². The average Bonchev–Trinajstić information content (AvgIpc) is 2.13. The van der Waals surface area contributed by atoms with E-state index in [0.29, 0.717) is 5.41 Å². The molecule has 0 saturated carbocycles. The zero-order valence-electron chi connectivity index (χ0n) is 9.26. The normalized spacial score (nSPS) is 28.9. The molecular weight excluding hydrogens is 176 g/mol. The fourth-order valence-electron chi connectivity index (χ4n) is 1.91. The molecule has 0 aromatic heterocycles. The third kappa shape index (κ3) is 4.14. The monoisotopic (exact) mass is 198 g/mol. The molecule has 2 nitrogen and oxygen atoms in total. The molecule has 1 unspecified atom stereocenters. The standard InChI is InChI=1S/C12H22O2/c1-3-13-10-8-12(2)7-5-4-6-9-14-11-12/h3H,1,4-11H2,2H3. The predicted molar refractivity (Wildman–Crippen MR) is 58.2 cm³/mol. The van der Waals surface area contributed by atoms with Crippen LogP contribution in [-0.2, 0) is 9.47 Å². The van der Waals surface area contributed by atoms with Gasteiger partial charge in [0.2, 0.25) is 0 Å². The van der Waals surface area contributed by atoms with Gasteiger partial charge in [0.25, 0.3) is 0 Å². The summed E-state index contributed by atoms with van der Waals surface area (Å²) in [7, 11) is 0. The van der Waals surface area contributed by atoms with Crippen LogP contribution in [0.3, 0.4) is 0 Å². The Balaban J connectivity index is 2.30. The summed E-state index contributed by atoms with van der Waals surface area (Å²) < 4.78 is 10.8. The van der Waals surface area contributed by atoms with Gasteiger partial charge in [-0.3, -0.25) is 0 Å². The first-order valence-electron chi connectivity index (χ1n) is 5.57. The maximum atomic E-state index is 5.64. The first kappa shape index (κ1) is 11.6. The summed E-state index contributed by atoms with van der Waals surface area (Å²) in [5.41, 5.74) is 0.309. The van der Waals surface area contributed by atoms with Gasteiger partial charge in [-0.1, -0.05) is 26.3 Å². The molecule has 1 aliphatic heterocycles. The summed E-state index contributed by atoms with van der Waals surface area (Å²) >= 11 is 0. The Morgan fingerprint density at radius 1 is 1.43 bits per heavy atom. The van der Waals surface area contributed by atoms with Gasteiger partial charge in [-0.2, -0.15) is 0 Å². The van der Waals surface area contributed by atoms with E-state index < -0.39 is 0 Å². The molecule has 0 radical (unpaired) electrons. The topological polar surface area (TPSA) is 18.5 Å². The molecule has 0 aromatic carbocycles. The van der Waals surface area contributed by atoms with E-state index in [9.17, 15) is 0 Å². The Kier molecular flexibility index (Phi) is 5.02. The third-order valence-corrected chi connectivity index (χ3v) is 2.96. The summed E-state index contributed by atoms with van der Waals surface area (Å²) in [4.78, 5) is 0. The minimum absolute atomic E-state index is 0.309. The molecule has 1 saturated heterocycles. The lowest BCUT2D eigenvalue weighted by molar-refractivity contribution is 0.0174. The van der Waals surface area contributed by atoms with Gasteiger partial charge in [0.1, 0.15) is 0 Å². The smallest absolute Gasteiger partial charge is 0.0879 e. The zero-order chi connectivity index (χ0) is 10.3. The number of hydrogen-bond donors (Lipinski definition) is 0. The lowest BCUT2D eigenvalue weighted by atomic mass is 9.82. The first-order valence-corrected chi connectivity index (χ1v) is 5.57. The van der Waals surface area contributed by atoms with Gasteiger partial charge in [0, 0.05) is 6.61 Å². The maximum Gasteiger partial charge on any atom is 0.0879 e. The quantitative estimate of drug-likeness (QED) is 0.510. The van der Waals surface area contributed by atoms with Crippen LogP contribution >= 0.6 is 0 Å². The van der Waals surface area contributed by atoms with Crippen LogP contribution in [0.1, 0.15) is 39.0 Å². The maximum absolute atomic E-state index is 5.64. The van der Waals surface area contributed by atoms with E-state index in [0.717, 1.165) is 26.2 Å². The second kappa shape index (κ2) is 6.07. The largest absolute Gasteiger partial charge is 0.502 e.